The van der Waals surface area contributed by atoms with Gasteiger partial charge in [0.15, 0.2) is 11.5 Å². The molecule has 2 amide bonds. The van der Waals surface area contributed by atoms with E-state index in [2.05, 4.69) is 10.3 Å². The van der Waals surface area contributed by atoms with Crippen LogP contribution in [0.2, 0.25) is 10.0 Å². The number of aromatic nitrogens is 1. The van der Waals surface area contributed by atoms with Crippen LogP contribution < -0.4 is 10.2 Å². The third-order valence-electron chi connectivity index (χ3n) is 7.81. The number of benzene rings is 2. The summed E-state index contributed by atoms with van der Waals surface area (Å²) in [6, 6.07) is 11.2. The van der Waals surface area contributed by atoms with E-state index in [0.717, 1.165) is 53.9 Å². The standard InChI is InChI=1S/C26H25Cl2N3O3/c1-14-19(28)3-2-4-21(14)31-13-15(7-23(31)32)24(33)29-18-11-26(12-18)9-16(10-26)25-30-20-8-17(27)5-6-22(20)34-25/h2-6,8,15-16,18H,7,9-13H2,1H3,(H,29,33). The minimum absolute atomic E-state index is 0.0258. The highest BCUT2D eigenvalue weighted by molar-refractivity contribution is 6.32. The fourth-order valence-electron chi connectivity index (χ4n) is 6.00. The molecule has 34 heavy (non-hydrogen) atoms. The molecule has 8 heteroatoms. The molecule has 2 aromatic carbocycles. The first-order chi connectivity index (χ1) is 16.3. The van der Waals surface area contributed by atoms with Crippen LogP contribution in [0.1, 0.15) is 49.5 Å². The number of carbonyl (C=O) groups is 2. The van der Waals surface area contributed by atoms with Crippen molar-refractivity contribution >= 4 is 51.8 Å². The van der Waals surface area contributed by atoms with E-state index in [1.165, 1.54) is 0 Å². The highest BCUT2D eigenvalue weighted by atomic mass is 35.5. The van der Waals surface area contributed by atoms with Gasteiger partial charge in [0.25, 0.3) is 0 Å². The monoisotopic (exact) mass is 497 g/mol. The summed E-state index contributed by atoms with van der Waals surface area (Å²) in [6.07, 6.45) is 4.24. The third kappa shape index (κ3) is 3.68. The fraction of sp³-hybridized carbons (Fsp3) is 0.423. The smallest absolute Gasteiger partial charge is 0.227 e. The van der Waals surface area contributed by atoms with E-state index in [4.69, 9.17) is 27.6 Å². The average Bonchev–Trinajstić information content (AvgIpc) is 3.33. The van der Waals surface area contributed by atoms with Gasteiger partial charge in [0.05, 0.1) is 5.92 Å². The summed E-state index contributed by atoms with van der Waals surface area (Å²) in [5, 5.41) is 4.47. The lowest BCUT2D eigenvalue weighted by Crippen LogP contribution is -2.56. The highest BCUT2D eigenvalue weighted by Gasteiger charge is 2.55. The molecule has 1 atom stereocenters. The molecule has 2 aliphatic carbocycles. The number of rotatable bonds is 4. The van der Waals surface area contributed by atoms with Crippen molar-refractivity contribution < 1.29 is 14.0 Å². The number of nitrogens with one attached hydrogen (secondary N) is 1. The Kier molecular flexibility index (Phi) is 5.15. The van der Waals surface area contributed by atoms with Gasteiger partial charge in [-0.15, -0.1) is 0 Å². The molecular weight excluding hydrogens is 473 g/mol. The Morgan fingerprint density at radius 1 is 1.18 bits per heavy atom. The summed E-state index contributed by atoms with van der Waals surface area (Å²) < 4.78 is 5.94. The fourth-order valence-corrected chi connectivity index (χ4v) is 6.33. The van der Waals surface area contributed by atoms with E-state index in [-0.39, 0.29) is 35.6 Å². The Morgan fingerprint density at radius 2 is 1.97 bits per heavy atom. The summed E-state index contributed by atoms with van der Waals surface area (Å²) in [7, 11) is 0. The van der Waals surface area contributed by atoms with Crippen molar-refractivity contribution in [3.63, 3.8) is 0 Å². The molecule has 3 fully saturated rings. The first kappa shape index (κ1) is 21.9. The Labute approximate surface area is 207 Å². The van der Waals surface area contributed by atoms with Gasteiger partial charge >= 0.3 is 0 Å². The lowest BCUT2D eigenvalue weighted by atomic mass is 9.50. The molecular formula is C26H25Cl2N3O3. The van der Waals surface area contributed by atoms with Gasteiger partial charge in [0, 0.05) is 40.7 Å². The number of hydrogen-bond donors (Lipinski definition) is 1. The highest BCUT2D eigenvalue weighted by Crippen LogP contribution is 2.62. The maximum Gasteiger partial charge on any atom is 0.227 e. The van der Waals surface area contributed by atoms with Crippen LogP contribution in [0.3, 0.4) is 0 Å². The number of fused-ring (bicyclic) bond motifs is 1. The Bertz CT molecular complexity index is 1310. The molecule has 1 aromatic heterocycles. The first-order valence-electron chi connectivity index (χ1n) is 11.7. The number of halogens is 2. The van der Waals surface area contributed by atoms with Gasteiger partial charge in [0.2, 0.25) is 11.8 Å². The van der Waals surface area contributed by atoms with E-state index < -0.39 is 0 Å². The molecule has 0 bridgehead atoms. The van der Waals surface area contributed by atoms with Crippen LogP contribution in [0.4, 0.5) is 5.69 Å². The topological polar surface area (TPSA) is 75.4 Å². The first-order valence-corrected chi connectivity index (χ1v) is 12.5. The van der Waals surface area contributed by atoms with Gasteiger partial charge in [-0.2, -0.15) is 0 Å². The summed E-state index contributed by atoms with van der Waals surface area (Å²) >= 11 is 12.3. The minimum Gasteiger partial charge on any atom is -0.440 e. The second-order valence-corrected chi connectivity index (χ2v) is 11.0. The van der Waals surface area contributed by atoms with E-state index in [0.29, 0.717) is 22.5 Å². The van der Waals surface area contributed by atoms with Crippen LogP contribution >= 0.6 is 23.2 Å². The zero-order valence-corrected chi connectivity index (χ0v) is 20.3. The van der Waals surface area contributed by atoms with Gasteiger partial charge in [-0.25, -0.2) is 4.98 Å². The predicted molar refractivity (Wildman–Crippen MR) is 131 cm³/mol. The van der Waals surface area contributed by atoms with E-state index in [9.17, 15) is 9.59 Å². The average molecular weight is 498 g/mol. The summed E-state index contributed by atoms with van der Waals surface area (Å²) in [4.78, 5) is 31.8. The van der Waals surface area contributed by atoms with Crippen molar-refractivity contribution in [3.05, 3.63) is 57.9 Å². The molecule has 3 aromatic rings. The van der Waals surface area contributed by atoms with E-state index >= 15 is 0 Å². The number of hydrogen-bond acceptors (Lipinski definition) is 4. The molecule has 6 rings (SSSR count). The predicted octanol–water partition coefficient (Wildman–Crippen LogP) is 5.64. The van der Waals surface area contributed by atoms with Crippen molar-refractivity contribution in [2.45, 2.75) is 51.0 Å². The molecule has 1 aliphatic heterocycles. The van der Waals surface area contributed by atoms with Gasteiger partial charge in [0.1, 0.15) is 5.52 Å². The largest absolute Gasteiger partial charge is 0.440 e. The number of nitrogens with zero attached hydrogens (tertiary/aromatic N) is 2. The molecule has 1 unspecified atom stereocenters. The lowest BCUT2D eigenvalue weighted by molar-refractivity contribution is -0.129. The third-order valence-corrected chi connectivity index (χ3v) is 8.45. The molecule has 1 saturated heterocycles. The molecule has 1 N–H and O–H groups in total. The van der Waals surface area contributed by atoms with Crippen molar-refractivity contribution in [1.29, 1.82) is 0 Å². The second kappa shape index (κ2) is 7.99. The lowest BCUT2D eigenvalue weighted by Gasteiger charge is -2.57. The van der Waals surface area contributed by atoms with Crippen molar-refractivity contribution in [2.75, 3.05) is 11.4 Å². The maximum absolute atomic E-state index is 12.9. The van der Waals surface area contributed by atoms with E-state index in [1.54, 1.807) is 4.90 Å². The molecule has 176 valence electrons. The Balaban J connectivity index is 1.02. The Hall–Kier alpha value is -2.57. The normalized spacial score (nSPS) is 28.3. The van der Waals surface area contributed by atoms with Crippen LogP contribution in [0.25, 0.3) is 11.1 Å². The van der Waals surface area contributed by atoms with Crippen LogP contribution in [0.15, 0.2) is 40.8 Å². The summed E-state index contributed by atoms with van der Waals surface area (Å²) in [6.45, 7) is 2.29. The molecule has 6 nitrogen and oxygen atoms in total. The molecule has 3 aliphatic rings. The quantitative estimate of drug-likeness (QED) is 0.505. The van der Waals surface area contributed by atoms with Crippen molar-refractivity contribution in [3.8, 4) is 0 Å². The van der Waals surface area contributed by atoms with Gasteiger partial charge in [-0.1, -0.05) is 29.3 Å². The molecule has 0 radical (unpaired) electrons. The van der Waals surface area contributed by atoms with Crippen molar-refractivity contribution in [2.24, 2.45) is 11.3 Å². The van der Waals surface area contributed by atoms with E-state index in [1.807, 2.05) is 43.3 Å². The molecule has 2 heterocycles. The maximum atomic E-state index is 12.9. The van der Waals surface area contributed by atoms with Gasteiger partial charge < -0.3 is 14.6 Å². The number of oxazole rings is 1. The zero-order valence-electron chi connectivity index (χ0n) is 18.8. The van der Waals surface area contributed by atoms with Crippen LogP contribution in [0.5, 0.6) is 0 Å². The number of carbonyl (C=O) groups excluding carboxylic acids is 2. The van der Waals surface area contributed by atoms with Crippen LogP contribution in [-0.4, -0.2) is 29.4 Å². The van der Waals surface area contributed by atoms with Crippen LogP contribution in [-0.2, 0) is 9.59 Å². The summed E-state index contributed by atoms with van der Waals surface area (Å²) in [5.74, 6) is 0.725. The van der Waals surface area contributed by atoms with Gasteiger partial charge in [-0.3, -0.25) is 9.59 Å². The van der Waals surface area contributed by atoms with Crippen LogP contribution in [0, 0.1) is 18.3 Å². The Morgan fingerprint density at radius 3 is 2.76 bits per heavy atom. The molecule has 1 spiro atoms. The summed E-state index contributed by atoms with van der Waals surface area (Å²) in [5.41, 5.74) is 3.50. The number of anilines is 1. The zero-order chi connectivity index (χ0) is 23.6. The minimum atomic E-state index is -0.330. The second-order valence-electron chi connectivity index (χ2n) is 10.2. The van der Waals surface area contributed by atoms with Crippen molar-refractivity contribution in [1.82, 2.24) is 10.3 Å². The number of amides is 2. The van der Waals surface area contributed by atoms with Gasteiger partial charge in [-0.05, 0) is 73.9 Å². The molecule has 2 saturated carbocycles. The SMILES string of the molecule is Cc1c(Cl)cccc1N1CC(C(=O)NC2CC3(C2)CC(c2nc4cc(Cl)ccc4o2)C3)CC1=O.